The number of carbonyl (C=O) groups is 2. The molecular formula is C32H29Cl4N3O4S. The van der Waals surface area contributed by atoms with Crippen LogP contribution in [0.3, 0.4) is 0 Å². The number of carbonyl (C=O) groups excluding carboxylic acids is 2. The summed E-state index contributed by atoms with van der Waals surface area (Å²) < 4.78 is 29.0. The van der Waals surface area contributed by atoms with Gasteiger partial charge < -0.3 is 10.2 Å². The third-order valence-corrected chi connectivity index (χ3v) is 9.75. The van der Waals surface area contributed by atoms with Crippen LogP contribution in [0.2, 0.25) is 20.1 Å². The largest absolute Gasteiger partial charge is 0.355 e. The van der Waals surface area contributed by atoms with Crippen molar-refractivity contribution in [2.75, 3.05) is 17.4 Å². The van der Waals surface area contributed by atoms with Crippen molar-refractivity contribution in [1.82, 2.24) is 10.2 Å². The van der Waals surface area contributed by atoms with Crippen molar-refractivity contribution in [3.63, 3.8) is 0 Å². The van der Waals surface area contributed by atoms with Gasteiger partial charge in [-0.2, -0.15) is 0 Å². The second-order valence-electron chi connectivity index (χ2n) is 9.82. The Morgan fingerprint density at radius 3 is 2.11 bits per heavy atom. The maximum atomic E-state index is 14.4. The molecule has 0 saturated heterocycles. The molecule has 0 aliphatic rings. The minimum Gasteiger partial charge on any atom is -0.355 e. The van der Waals surface area contributed by atoms with Crippen LogP contribution in [0.25, 0.3) is 0 Å². The number of sulfonamides is 1. The van der Waals surface area contributed by atoms with Crippen molar-refractivity contribution in [2.45, 2.75) is 30.8 Å². The fourth-order valence-electron chi connectivity index (χ4n) is 4.57. The molecule has 4 aromatic carbocycles. The van der Waals surface area contributed by atoms with Crippen LogP contribution < -0.4 is 9.62 Å². The molecule has 1 atom stereocenters. The van der Waals surface area contributed by atoms with Gasteiger partial charge in [0.05, 0.1) is 20.6 Å². The first-order chi connectivity index (χ1) is 21.0. The number of hydrogen-bond donors (Lipinski definition) is 1. The van der Waals surface area contributed by atoms with E-state index in [0.29, 0.717) is 22.2 Å². The number of halogens is 4. The van der Waals surface area contributed by atoms with Gasteiger partial charge in [-0.15, -0.1) is 0 Å². The smallest absolute Gasteiger partial charge is 0.264 e. The van der Waals surface area contributed by atoms with Crippen LogP contribution in [0, 0.1) is 0 Å². The van der Waals surface area contributed by atoms with Crippen LogP contribution in [0.5, 0.6) is 0 Å². The van der Waals surface area contributed by atoms with E-state index in [-0.39, 0.29) is 39.5 Å². The van der Waals surface area contributed by atoms with Crippen LogP contribution in [0.4, 0.5) is 5.69 Å². The number of rotatable bonds is 12. The van der Waals surface area contributed by atoms with Crippen molar-refractivity contribution >= 4 is 73.9 Å². The van der Waals surface area contributed by atoms with Gasteiger partial charge in [-0.1, -0.05) is 88.9 Å². The first-order valence-corrected chi connectivity index (χ1v) is 16.5. The Morgan fingerprint density at radius 2 is 1.48 bits per heavy atom. The quantitative estimate of drug-likeness (QED) is 0.169. The first kappa shape index (κ1) is 33.6. The third kappa shape index (κ3) is 8.46. The SMILES string of the molecule is CCNC(=O)[C@H](Cc1ccccc1)N(Cc1ccc(Cl)c(Cl)c1)C(=O)CN(c1cccc(Cl)c1)S(=O)(=O)c1ccc(Cl)cc1. The molecule has 44 heavy (non-hydrogen) atoms. The molecule has 4 rings (SSSR count). The Kier molecular flexibility index (Phi) is 11.6. The zero-order valence-electron chi connectivity index (χ0n) is 23.6. The summed E-state index contributed by atoms with van der Waals surface area (Å²) in [6, 6.07) is 25.0. The monoisotopic (exact) mass is 691 g/mol. The van der Waals surface area contributed by atoms with Gasteiger partial charge in [-0.25, -0.2) is 8.42 Å². The van der Waals surface area contributed by atoms with Crippen molar-refractivity contribution in [3.05, 3.63) is 128 Å². The van der Waals surface area contributed by atoms with E-state index >= 15 is 0 Å². The van der Waals surface area contributed by atoms with E-state index in [1.165, 1.54) is 35.2 Å². The Balaban J connectivity index is 1.81. The fraction of sp³-hybridized carbons (Fsp3) is 0.188. The van der Waals surface area contributed by atoms with Crippen LogP contribution in [-0.2, 0) is 32.6 Å². The zero-order chi connectivity index (χ0) is 31.9. The average Bonchev–Trinajstić information content (AvgIpc) is 3.00. The molecule has 0 saturated carbocycles. The fourth-order valence-corrected chi connectivity index (χ4v) is 6.61. The lowest BCUT2D eigenvalue weighted by Gasteiger charge is -2.34. The molecule has 0 bridgehead atoms. The molecule has 0 spiro atoms. The Bertz CT molecular complexity index is 1720. The summed E-state index contributed by atoms with van der Waals surface area (Å²) in [6.07, 6.45) is 0.181. The molecule has 1 N–H and O–H groups in total. The lowest BCUT2D eigenvalue weighted by molar-refractivity contribution is -0.140. The molecular weight excluding hydrogens is 664 g/mol. The molecule has 0 fully saturated rings. The number of nitrogens with zero attached hydrogens (tertiary/aromatic N) is 2. The molecule has 0 aromatic heterocycles. The predicted molar refractivity (Wildman–Crippen MR) is 177 cm³/mol. The maximum Gasteiger partial charge on any atom is 0.264 e. The highest BCUT2D eigenvalue weighted by molar-refractivity contribution is 7.92. The van der Waals surface area contributed by atoms with E-state index in [9.17, 15) is 18.0 Å². The van der Waals surface area contributed by atoms with Crippen molar-refractivity contribution in [3.8, 4) is 0 Å². The van der Waals surface area contributed by atoms with Crippen LogP contribution >= 0.6 is 46.4 Å². The van der Waals surface area contributed by atoms with E-state index in [4.69, 9.17) is 46.4 Å². The summed E-state index contributed by atoms with van der Waals surface area (Å²) in [5, 5.41) is 4.07. The van der Waals surface area contributed by atoms with Gasteiger partial charge >= 0.3 is 0 Å². The lowest BCUT2D eigenvalue weighted by Crippen LogP contribution is -2.53. The highest BCUT2D eigenvalue weighted by atomic mass is 35.5. The normalized spacial score (nSPS) is 11.9. The summed E-state index contributed by atoms with van der Waals surface area (Å²) in [5.41, 5.74) is 1.59. The van der Waals surface area contributed by atoms with Crippen molar-refractivity contribution < 1.29 is 18.0 Å². The van der Waals surface area contributed by atoms with Crippen LogP contribution in [-0.4, -0.2) is 44.3 Å². The summed E-state index contributed by atoms with van der Waals surface area (Å²) >= 11 is 24.7. The average molecular weight is 693 g/mol. The molecule has 0 radical (unpaired) electrons. The summed E-state index contributed by atoms with van der Waals surface area (Å²) in [5.74, 6) is -1.01. The van der Waals surface area contributed by atoms with E-state index in [1.54, 1.807) is 43.3 Å². The molecule has 7 nitrogen and oxygen atoms in total. The Labute approximate surface area is 277 Å². The minimum atomic E-state index is -4.29. The molecule has 4 aromatic rings. The zero-order valence-corrected chi connectivity index (χ0v) is 27.4. The minimum absolute atomic E-state index is 0.0469. The number of hydrogen-bond acceptors (Lipinski definition) is 4. The topological polar surface area (TPSA) is 86.8 Å². The van der Waals surface area contributed by atoms with Gasteiger partial charge in [-0.05, 0) is 72.6 Å². The second-order valence-corrected chi connectivity index (χ2v) is 13.4. The lowest BCUT2D eigenvalue weighted by atomic mass is 10.0. The second kappa shape index (κ2) is 15.1. The Hall–Kier alpha value is -3.27. The molecule has 230 valence electrons. The summed E-state index contributed by atoms with van der Waals surface area (Å²) in [7, 11) is -4.29. The van der Waals surface area contributed by atoms with Gasteiger partial charge in [0.2, 0.25) is 11.8 Å². The van der Waals surface area contributed by atoms with Crippen molar-refractivity contribution in [2.24, 2.45) is 0 Å². The van der Waals surface area contributed by atoms with Gasteiger partial charge in [0, 0.05) is 29.6 Å². The highest BCUT2D eigenvalue weighted by Gasteiger charge is 2.34. The van der Waals surface area contributed by atoms with E-state index in [0.717, 1.165) is 9.87 Å². The third-order valence-electron chi connectivity index (χ3n) is 6.74. The van der Waals surface area contributed by atoms with E-state index in [1.807, 2.05) is 30.3 Å². The molecule has 0 aliphatic heterocycles. The molecule has 0 unspecified atom stereocenters. The van der Waals surface area contributed by atoms with Gasteiger partial charge in [0.25, 0.3) is 10.0 Å². The predicted octanol–water partition coefficient (Wildman–Crippen LogP) is 7.27. The van der Waals surface area contributed by atoms with E-state index in [2.05, 4.69) is 5.32 Å². The van der Waals surface area contributed by atoms with Gasteiger partial charge in [0.1, 0.15) is 12.6 Å². The number of amides is 2. The number of nitrogens with one attached hydrogen (secondary N) is 1. The molecule has 12 heteroatoms. The standard InChI is InChI=1S/C32H29Cl4N3O4S/c1-2-37-32(41)30(18-22-7-4-3-5-8-22)38(20-23-11-16-28(35)29(36)17-23)31(40)21-39(26-10-6-9-25(34)19-26)44(42,43)27-14-12-24(33)13-15-27/h3-17,19,30H,2,18,20-21H2,1H3,(H,37,41)/t30-/m0/s1. The molecule has 0 heterocycles. The molecule has 0 aliphatic carbocycles. The van der Waals surface area contributed by atoms with Crippen LogP contribution in [0.15, 0.2) is 102 Å². The number of benzene rings is 4. The number of likely N-dealkylation sites (N-methyl/N-ethyl adjacent to an activating group) is 1. The summed E-state index contributed by atoms with van der Waals surface area (Å²) in [4.78, 5) is 29.2. The van der Waals surface area contributed by atoms with Crippen molar-refractivity contribution in [1.29, 1.82) is 0 Å². The highest BCUT2D eigenvalue weighted by Crippen LogP contribution is 2.29. The Morgan fingerprint density at radius 1 is 0.773 bits per heavy atom. The van der Waals surface area contributed by atoms with Gasteiger partial charge in [0.15, 0.2) is 0 Å². The maximum absolute atomic E-state index is 14.4. The van der Waals surface area contributed by atoms with E-state index < -0.39 is 28.5 Å². The first-order valence-electron chi connectivity index (χ1n) is 13.6. The molecule has 2 amide bonds. The van der Waals surface area contributed by atoms with Gasteiger partial charge in [-0.3, -0.25) is 13.9 Å². The number of anilines is 1. The summed E-state index contributed by atoms with van der Waals surface area (Å²) in [6.45, 7) is 1.44. The van der Waals surface area contributed by atoms with Crippen LogP contribution in [0.1, 0.15) is 18.1 Å².